The molecule has 0 amide bonds. The summed E-state index contributed by atoms with van der Waals surface area (Å²) in [5, 5.41) is 0.423. The van der Waals surface area contributed by atoms with Gasteiger partial charge in [0.15, 0.2) is 0 Å². The van der Waals surface area contributed by atoms with E-state index in [0.29, 0.717) is 29.7 Å². The molecule has 3 aromatic rings. The molecule has 0 bridgehead atoms. The number of aromatic nitrogens is 2. The van der Waals surface area contributed by atoms with Crippen molar-refractivity contribution in [1.29, 1.82) is 0 Å². The van der Waals surface area contributed by atoms with Crippen LogP contribution in [0.15, 0.2) is 36.7 Å². The zero-order valence-electron chi connectivity index (χ0n) is 16.6. The van der Waals surface area contributed by atoms with Crippen molar-refractivity contribution in [3.63, 3.8) is 0 Å². The lowest BCUT2D eigenvalue weighted by Crippen LogP contribution is -2.19. The van der Waals surface area contributed by atoms with Gasteiger partial charge in [-0.2, -0.15) is 13.2 Å². The molecule has 0 radical (unpaired) electrons. The standard InChI is InChI=1S/C21H21F6N3/c1-20(2,3)10-30-9-14(17(28)19(23)24)13-5-4-11(6-16(13)30)18-15(21(25,26)27)7-12(22)8-29-18/h4-9,17,19H,10,28H2,1-3H3/t17-/m0/s1. The Labute approximate surface area is 169 Å². The van der Waals surface area contributed by atoms with E-state index < -0.39 is 35.7 Å². The first-order chi connectivity index (χ1) is 13.8. The molecule has 0 saturated heterocycles. The topological polar surface area (TPSA) is 43.8 Å². The summed E-state index contributed by atoms with van der Waals surface area (Å²) in [4.78, 5) is 3.65. The summed E-state index contributed by atoms with van der Waals surface area (Å²) in [6.45, 7) is 6.25. The number of rotatable bonds is 4. The Morgan fingerprint density at radius 1 is 1.10 bits per heavy atom. The number of benzene rings is 1. The van der Waals surface area contributed by atoms with Gasteiger partial charge in [0, 0.05) is 34.8 Å². The lowest BCUT2D eigenvalue weighted by atomic mass is 9.97. The van der Waals surface area contributed by atoms with Crippen molar-refractivity contribution in [2.75, 3.05) is 0 Å². The Hall–Kier alpha value is -2.55. The maximum Gasteiger partial charge on any atom is 0.418 e. The van der Waals surface area contributed by atoms with E-state index in [1.807, 2.05) is 20.8 Å². The van der Waals surface area contributed by atoms with Crippen LogP contribution >= 0.6 is 0 Å². The number of halogens is 6. The molecule has 1 atom stereocenters. The average molecular weight is 429 g/mol. The van der Waals surface area contributed by atoms with Crippen molar-refractivity contribution in [2.24, 2.45) is 11.1 Å². The summed E-state index contributed by atoms with van der Waals surface area (Å²) in [6, 6.07) is 3.10. The van der Waals surface area contributed by atoms with Crippen LogP contribution in [-0.2, 0) is 12.7 Å². The summed E-state index contributed by atoms with van der Waals surface area (Å²) in [6.07, 6.45) is -5.38. The van der Waals surface area contributed by atoms with Crippen LogP contribution in [0.1, 0.15) is 37.9 Å². The third kappa shape index (κ3) is 4.45. The van der Waals surface area contributed by atoms with Crippen LogP contribution in [0, 0.1) is 11.2 Å². The van der Waals surface area contributed by atoms with Gasteiger partial charge in [-0.3, -0.25) is 4.98 Å². The van der Waals surface area contributed by atoms with Crippen LogP contribution in [0.25, 0.3) is 22.2 Å². The van der Waals surface area contributed by atoms with E-state index in [4.69, 9.17) is 5.73 Å². The summed E-state index contributed by atoms with van der Waals surface area (Å²) in [5.41, 5.74) is 4.54. The fourth-order valence-electron chi connectivity index (χ4n) is 3.40. The minimum absolute atomic E-state index is 0.0975. The number of nitrogens with zero attached hydrogens (tertiary/aromatic N) is 2. The number of hydrogen-bond acceptors (Lipinski definition) is 2. The van der Waals surface area contributed by atoms with Crippen molar-refractivity contribution in [2.45, 2.75) is 46.0 Å². The Morgan fingerprint density at radius 2 is 1.77 bits per heavy atom. The van der Waals surface area contributed by atoms with Gasteiger partial charge in [0.2, 0.25) is 0 Å². The van der Waals surface area contributed by atoms with Crippen molar-refractivity contribution >= 4 is 10.9 Å². The quantitative estimate of drug-likeness (QED) is 0.504. The summed E-state index contributed by atoms with van der Waals surface area (Å²) >= 11 is 0. The maximum absolute atomic E-state index is 13.4. The lowest BCUT2D eigenvalue weighted by molar-refractivity contribution is -0.137. The summed E-state index contributed by atoms with van der Waals surface area (Å²) in [5.74, 6) is -1.10. The molecule has 0 aliphatic rings. The number of nitrogens with two attached hydrogens (primary N) is 1. The second kappa shape index (κ2) is 7.61. The zero-order valence-corrected chi connectivity index (χ0v) is 16.6. The zero-order chi connectivity index (χ0) is 22.4. The van der Waals surface area contributed by atoms with E-state index in [0.717, 1.165) is 0 Å². The third-order valence-corrected chi connectivity index (χ3v) is 4.62. The predicted molar refractivity (Wildman–Crippen MR) is 103 cm³/mol. The molecule has 30 heavy (non-hydrogen) atoms. The third-order valence-electron chi connectivity index (χ3n) is 4.62. The molecule has 0 saturated carbocycles. The minimum Gasteiger partial charge on any atom is -0.347 e. The largest absolute Gasteiger partial charge is 0.418 e. The normalized spacial score (nSPS) is 14.0. The summed E-state index contributed by atoms with van der Waals surface area (Å²) in [7, 11) is 0. The molecule has 162 valence electrons. The fourth-order valence-corrected chi connectivity index (χ4v) is 3.40. The maximum atomic E-state index is 13.4. The van der Waals surface area contributed by atoms with Crippen LogP contribution in [0.4, 0.5) is 26.3 Å². The minimum atomic E-state index is -4.81. The van der Waals surface area contributed by atoms with Crippen molar-refractivity contribution in [3.05, 3.63) is 53.6 Å². The van der Waals surface area contributed by atoms with E-state index in [1.54, 1.807) is 4.57 Å². The first-order valence-electron chi connectivity index (χ1n) is 9.17. The number of fused-ring (bicyclic) bond motifs is 1. The number of pyridine rings is 1. The molecule has 0 aliphatic heterocycles. The van der Waals surface area contributed by atoms with Crippen molar-refractivity contribution in [3.8, 4) is 11.3 Å². The number of alkyl halides is 5. The van der Waals surface area contributed by atoms with Crippen LogP contribution in [0.3, 0.4) is 0 Å². The summed E-state index contributed by atoms with van der Waals surface area (Å²) < 4.78 is 81.9. The molecule has 3 nitrogen and oxygen atoms in total. The van der Waals surface area contributed by atoms with Gasteiger partial charge in [0.1, 0.15) is 5.82 Å². The predicted octanol–water partition coefficient (Wildman–Crippen LogP) is 6.17. The van der Waals surface area contributed by atoms with E-state index in [2.05, 4.69) is 4.98 Å². The molecule has 9 heteroatoms. The lowest BCUT2D eigenvalue weighted by Gasteiger charge is -2.20. The molecule has 0 aliphatic carbocycles. The first-order valence-corrected chi connectivity index (χ1v) is 9.17. The second-order valence-corrected chi connectivity index (χ2v) is 8.41. The molecule has 2 aromatic heterocycles. The molecule has 0 fully saturated rings. The van der Waals surface area contributed by atoms with Gasteiger partial charge in [-0.05, 0) is 17.5 Å². The second-order valence-electron chi connectivity index (χ2n) is 8.41. The molecular formula is C21H21F6N3. The van der Waals surface area contributed by atoms with Gasteiger partial charge in [0.05, 0.1) is 23.5 Å². The highest BCUT2D eigenvalue weighted by atomic mass is 19.4. The van der Waals surface area contributed by atoms with Gasteiger partial charge < -0.3 is 10.3 Å². The molecule has 2 heterocycles. The van der Waals surface area contributed by atoms with Gasteiger partial charge in [-0.15, -0.1) is 0 Å². The highest BCUT2D eigenvalue weighted by molar-refractivity contribution is 5.88. The molecule has 0 unspecified atom stereocenters. The van der Waals surface area contributed by atoms with Gasteiger partial charge in [-0.1, -0.05) is 32.9 Å². The molecule has 2 N–H and O–H groups in total. The molecule has 0 spiro atoms. The van der Waals surface area contributed by atoms with Gasteiger partial charge >= 0.3 is 6.18 Å². The van der Waals surface area contributed by atoms with Gasteiger partial charge in [0.25, 0.3) is 6.43 Å². The average Bonchev–Trinajstić information content (AvgIpc) is 2.96. The number of hydrogen-bond donors (Lipinski definition) is 1. The Kier molecular flexibility index (Phi) is 5.62. The highest BCUT2D eigenvalue weighted by Gasteiger charge is 2.35. The van der Waals surface area contributed by atoms with E-state index >= 15 is 0 Å². The smallest absolute Gasteiger partial charge is 0.347 e. The van der Waals surface area contributed by atoms with Crippen LogP contribution < -0.4 is 5.73 Å². The van der Waals surface area contributed by atoms with Crippen LogP contribution in [0.2, 0.25) is 0 Å². The fraction of sp³-hybridized carbons (Fsp3) is 0.381. The first kappa shape index (κ1) is 22.1. The Morgan fingerprint density at radius 3 is 2.33 bits per heavy atom. The van der Waals surface area contributed by atoms with Crippen molar-refractivity contribution < 1.29 is 26.3 Å². The highest BCUT2D eigenvalue weighted by Crippen LogP contribution is 2.38. The molecular weight excluding hydrogens is 408 g/mol. The van der Waals surface area contributed by atoms with E-state index in [9.17, 15) is 26.3 Å². The van der Waals surface area contributed by atoms with Gasteiger partial charge in [-0.25, -0.2) is 13.2 Å². The van der Waals surface area contributed by atoms with Crippen molar-refractivity contribution in [1.82, 2.24) is 9.55 Å². The SMILES string of the molecule is CC(C)(C)Cn1cc([C@H](N)C(F)F)c2ccc(-c3ncc(F)cc3C(F)(F)F)cc21. The van der Waals surface area contributed by atoms with E-state index in [1.165, 1.54) is 24.4 Å². The Bertz CT molecular complexity index is 1060. The molecule has 3 rings (SSSR count). The van der Waals surface area contributed by atoms with E-state index in [-0.39, 0.29) is 16.5 Å². The molecule has 1 aromatic carbocycles. The Balaban J connectivity index is 2.25. The van der Waals surface area contributed by atoms with Crippen LogP contribution in [-0.4, -0.2) is 16.0 Å². The monoisotopic (exact) mass is 429 g/mol. The van der Waals surface area contributed by atoms with Crippen LogP contribution in [0.5, 0.6) is 0 Å².